The predicted molar refractivity (Wildman–Crippen MR) is 62.9 cm³/mol. The summed E-state index contributed by atoms with van der Waals surface area (Å²) in [7, 11) is 1.98. The molecule has 0 amide bonds. The van der Waals surface area contributed by atoms with E-state index < -0.39 is 0 Å². The Hall–Kier alpha value is -1.68. The molecule has 2 rings (SSSR count). The van der Waals surface area contributed by atoms with E-state index in [1.54, 1.807) is 0 Å². The average molecular weight is 216 g/mol. The molecule has 84 valence electrons. The number of nitrogens with two attached hydrogens (primary N) is 1. The van der Waals surface area contributed by atoms with Gasteiger partial charge in [0.2, 0.25) is 0 Å². The molecule has 0 fully saturated rings. The van der Waals surface area contributed by atoms with Crippen molar-refractivity contribution in [2.45, 2.75) is 19.9 Å². The van der Waals surface area contributed by atoms with E-state index in [1.165, 1.54) is 11.1 Å². The molecular weight excluding hydrogens is 200 g/mol. The van der Waals surface area contributed by atoms with E-state index in [1.807, 2.05) is 30.7 Å². The number of hydrogen-bond acceptors (Lipinski definition) is 3. The van der Waals surface area contributed by atoms with Crippen LogP contribution in [0.5, 0.6) is 0 Å². The van der Waals surface area contributed by atoms with Crippen LogP contribution in [0.15, 0.2) is 24.3 Å². The highest BCUT2D eigenvalue weighted by atomic mass is 15.3. The first kappa shape index (κ1) is 10.8. The normalized spacial score (nSPS) is 10.7. The van der Waals surface area contributed by atoms with E-state index >= 15 is 0 Å². The lowest BCUT2D eigenvalue weighted by atomic mass is 10.0. The Morgan fingerprint density at radius 1 is 1.19 bits per heavy atom. The van der Waals surface area contributed by atoms with Crippen molar-refractivity contribution in [2.75, 3.05) is 0 Å². The first-order chi connectivity index (χ1) is 7.72. The number of aromatic nitrogens is 3. The zero-order chi connectivity index (χ0) is 11.5. The van der Waals surface area contributed by atoms with Crippen LogP contribution in [0.4, 0.5) is 0 Å². The highest BCUT2D eigenvalue weighted by Gasteiger charge is 2.07. The molecule has 0 aliphatic rings. The first-order valence-electron chi connectivity index (χ1n) is 5.34. The summed E-state index contributed by atoms with van der Waals surface area (Å²) in [6.07, 6.45) is 0.782. The van der Waals surface area contributed by atoms with Crippen LogP contribution < -0.4 is 5.73 Å². The third-order valence-electron chi connectivity index (χ3n) is 2.87. The minimum absolute atomic E-state index is 0.563. The molecule has 0 bridgehead atoms. The summed E-state index contributed by atoms with van der Waals surface area (Å²) in [6.45, 7) is 2.51. The van der Waals surface area contributed by atoms with E-state index in [4.69, 9.17) is 5.73 Å². The second kappa shape index (κ2) is 4.45. The Bertz CT molecular complexity index is 488. The molecular formula is C12H16N4. The van der Waals surface area contributed by atoms with Gasteiger partial charge in [0, 0.05) is 20.0 Å². The number of benzene rings is 1. The largest absolute Gasteiger partial charge is 0.326 e. The lowest BCUT2D eigenvalue weighted by molar-refractivity contribution is 0.792. The van der Waals surface area contributed by atoms with Crippen LogP contribution in [0.1, 0.15) is 22.8 Å². The lowest BCUT2D eigenvalue weighted by Gasteiger charge is -2.07. The molecule has 0 unspecified atom stereocenters. The number of aryl methyl sites for hydroxylation is 1. The zero-order valence-electron chi connectivity index (χ0n) is 9.64. The Labute approximate surface area is 95.1 Å². The van der Waals surface area contributed by atoms with Gasteiger partial charge in [-0.1, -0.05) is 24.3 Å². The summed E-state index contributed by atoms with van der Waals surface area (Å²) >= 11 is 0. The Kier molecular flexibility index (Phi) is 3.01. The SMILES string of the molecule is Cc1nnc(Cc2ccccc2CN)n1C. The van der Waals surface area contributed by atoms with Crippen molar-refractivity contribution in [1.29, 1.82) is 0 Å². The minimum atomic E-state index is 0.563. The number of nitrogens with zero attached hydrogens (tertiary/aromatic N) is 3. The molecule has 0 radical (unpaired) electrons. The fourth-order valence-corrected chi connectivity index (χ4v) is 1.70. The third-order valence-corrected chi connectivity index (χ3v) is 2.87. The molecule has 4 nitrogen and oxygen atoms in total. The smallest absolute Gasteiger partial charge is 0.137 e. The van der Waals surface area contributed by atoms with E-state index in [2.05, 4.69) is 22.3 Å². The van der Waals surface area contributed by atoms with Crippen LogP contribution in [-0.4, -0.2) is 14.8 Å². The lowest BCUT2D eigenvalue weighted by Crippen LogP contribution is -2.05. The van der Waals surface area contributed by atoms with Gasteiger partial charge in [0.25, 0.3) is 0 Å². The Morgan fingerprint density at radius 3 is 2.44 bits per heavy atom. The van der Waals surface area contributed by atoms with Crippen molar-refractivity contribution < 1.29 is 0 Å². The van der Waals surface area contributed by atoms with Crippen LogP contribution in [0.3, 0.4) is 0 Å². The molecule has 16 heavy (non-hydrogen) atoms. The molecule has 0 aliphatic heterocycles. The number of hydrogen-bond donors (Lipinski definition) is 1. The quantitative estimate of drug-likeness (QED) is 0.838. The van der Waals surface area contributed by atoms with Gasteiger partial charge in [-0.25, -0.2) is 0 Å². The maximum absolute atomic E-state index is 5.70. The molecule has 0 saturated carbocycles. The molecule has 0 spiro atoms. The number of rotatable bonds is 3. The predicted octanol–water partition coefficient (Wildman–Crippen LogP) is 1.17. The van der Waals surface area contributed by atoms with Crippen LogP contribution in [0.2, 0.25) is 0 Å². The molecule has 0 saturated heterocycles. The van der Waals surface area contributed by atoms with Gasteiger partial charge in [-0.05, 0) is 18.1 Å². The van der Waals surface area contributed by atoms with Gasteiger partial charge < -0.3 is 10.3 Å². The molecule has 0 atom stereocenters. The molecule has 0 aliphatic carbocycles. The molecule has 2 aromatic rings. The molecule has 1 aromatic carbocycles. The van der Waals surface area contributed by atoms with Gasteiger partial charge in [0.1, 0.15) is 11.6 Å². The minimum Gasteiger partial charge on any atom is -0.326 e. The summed E-state index contributed by atoms with van der Waals surface area (Å²) in [5.74, 6) is 1.90. The summed E-state index contributed by atoms with van der Waals surface area (Å²) in [6, 6.07) is 8.18. The zero-order valence-corrected chi connectivity index (χ0v) is 9.64. The fourth-order valence-electron chi connectivity index (χ4n) is 1.70. The molecule has 1 heterocycles. The third kappa shape index (κ3) is 1.97. The van der Waals surface area contributed by atoms with Crippen molar-refractivity contribution in [2.24, 2.45) is 12.8 Å². The average Bonchev–Trinajstić information content (AvgIpc) is 2.62. The van der Waals surface area contributed by atoms with Crippen molar-refractivity contribution in [3.05, 3.63) is 47.0 Å². The van der Waals surface area contributed by atoms with Gasteiger partial charge in [-0.15, -0.1) is 10.2 Å². The van der Waals surface area contributed by atoms with Gasteiger partial charge >= 0.3 is 0 Å². The Morgan fingerprint density at radius 2 is 1.88 bits per heavy atom. The Balaban J connectivity index is 2.30. The molecule has 4 heteroatoms. The van der Waals surface area contributed by atoms with Gasteiger partial charge in [0.05, 0.1) is 0 Å². The van der Waals surface area contributed by atoms with Gasteiger partial charge in [-0.3, -0.25) is 0 Å². The van der Waals surface area contributed by atoms with Gasteiger partial charge in [-0.2, -0.15) is 0 Å². The summed E-state index contributed by atoms with van der Waals surface area (Å²) in [4.78, 5) is 0. The highest BCUT2D eigenvalue weighted by molar-refractivity contribution is 5.29. The van der Waals surface area contributed by atoms with E-state index in [0.717, 1.165) is 18.1 Å². The van der Waals surface area contributed by atoms with E-state index in [9.17, 15) is 0 Å². The second-order valence-corrected chi connectivity index (χ2v) is 3.87. The standard InChI is InChI=1S/C12H16N4/c1-9-14-15-12(16(9)2)7-10-5-3-4-6-11(10)8-13/h3-6H,7-8,13H2,1-2H3. The highest BCUT2D eigenvalue weighted by Crippen LogP contribution is 2.12. The molecule has 2 N–H and O–H groups in total. The van der Waals surface area contributed by atoms with Crippen LogP contribution in [-0.2, 0) is 20.0 Å². The molecule has 1 aromatic heterocycles. The fraction of sp³-hybridized carbons (Fsp3) is 0.333. The monoisotopic (exact) mass is 216 g/mol. The van der Waals surface area contributed by atoms with Crippen molar-refractivity contribution in [3.63, 3.8) is 0 Å². The second-order valence-electron chi connectivity index (χ2n) is 3.87. The van der Waals surface area contributed by atoms with E-state index in [0.29, 0.717) is 6.54 Å². The first-order valence-corrected chi connectivity index (χ1v) is 5.34. The van der Waals surface area contributed by atoms with Crippen LogP contribution >= 0.6 is 0 Å². The summed E-state index contributed by atoms with van der Waals surface area (Å²) < 4.78 is 2.01. The maximum atomic E-state index is 5.70. The van der Waals surface area contributed by atoms with Crippen LogP contribution in [0.25, 0.3) is 0 Å². The maximum Gasteiger partial charge on any atom is 0.137 e. The van der Waals surface area contributed by atoms with E-state index in [-0.39, 0.29) is 0 Å². The summed E-state index contributed by atoms with van der Waals surface area (Å²) in [5, 5.41) is 8.21. The van der Waals surface area contributed by atoms with Crippen LogP contribution in [0, 0.1) is 6.92 Å². The van der Waals surface area contributed by atoms with Crippen molar-refractivity contribution in [3.8, 4) is 0 Å². The van der Waals surface area contributed by atoms with Crippen molar-refractivity contribution in [1.82, 2.24) is 14.8 Å². The summed E-state index contributed by atoms with van der Waals surface area (Å²) in [5.41, 5.74) is 8.10. The topological polar surface area (TPSA) is 56.7 Å². The van der Waals surface area contributed by atoms with Crippen molar-refractivity contribution >= 4 is 0 Å². The van der Waals surface area contributed by atoms with Gasteiger partial charge in [0.15, 0.2) is 0 Å².